The Kier molecular flexibility index (Phi) is 3.86. The zero-order valence-corrected chi connectivity index (χ0v) is 7.73. The van der Waals surface area contributed by atoms with Crippen molar-refractivity contribution in [3.05, 3.63) is 0 Å². The van der Waals surface area contributed by atoms with Crippen LogP contribution in [0.25, 0.3) is 0 Å². The molecule has 0 bridgehead atoms. The minimum Gasteiger partial charge on any atom is -0.480 e. The second kappa shape index (κ2) is 4.00. The summed E-state index contributed by atoms with van der Waals surface area (Å²) in [6.07, 6.45) is 0.150. The quantitative estimate of drug-likeness (QED) is 0.543. The first-order valence-electron chi connectivity index (χ1n) is 3.32. The van der Waals surface area contributed by atoms with Gasteiger partial charge in [-0.05, 0) is 13.5 Å². The Labute approximate surface area is 70.0 Å². The molecular formula is C5H12NO5P. The lowest BCUT2D eigenvalue weighted by atomic mass is 10.2. The molecule has 0 fully saturated rings. The molecule has 0 spiro atoms. The molecule has 7 heteroatoms. The van der Waals surface area contributed by atoms with Crippen LogP contribution in [0.4, 0.5) is 0 Å². The number of rotatable bonds is 4. The van der Waals surface area contributed by atoms with Crippen LogP contribution in [0.3, 0.4) is 0 Å². The molecule has 0 aliphatic rings. The van der Waals surface area contributed by atoms with Crippen LogP contribution >= 0.6 is 7.75 Å². The van der Waals surface area contributed by atoms with Crippen LogP contribution in [-0.4, -0.2) is 38.6 Å². The van der Waals surface area contributed by atoms with Crippen molar-refractivity contribution in [3.63, 3.8) is 0 Å². The van der Waals surface area contributed by atoms with Crippen LogP contribution < -0.4 is 0 Å². The van der Waals surface area contributed by atoms with E-state index in [-0.39, 0.29) is 6.42 Å². The lowest BCUT2D eigenvalue weighted by Crippen LogP contribution is -2.35. The molecule has 0 saturated heterocycles. The standard InChI is InChI=1S/C5H12NO5P/c1-3-4(5(7)8)6(2)12(9,10)11/h4H,3H2,1-2H3,(H,7,8)(H2,9,10,11). The maximum atomic E-state index is 10.6. The second-order valence-electron chi connectivity index (χ2n) is 2.35. The van der Waals surface area contributed by atoms with Gasteiger partial charge in [-0.15, -0.1) is 0 Å². The van der Waals surface area contributed by atoms with Gasteiger partial charge >= 0.3 is 13.7 Å². The van der Waals surface area contributed by atoms with Gasteiger partial charge in [-0.1, -0.05) is 6.92 Å². The molecule has 72 valence electrons. The fourth-order valence-electron chi connectivity index (χ4n) is 0.780. The summed E-state index contributed by atoms with van der Waals surface area (Å²) < 4.78 is 11.1. The molecule has 1 unspecified atom stereocenters. The Hall–Kier alpha value is -0.420. The zero-order chi connectivity index (χ0) is 9.94. The molecule has 0 saturated carbocycles. The van der Waals surface area contributed by atoms with Crippen molar-refractivity contribution < 1.29 is 24.3 Å². The molecule has 0 heterocycles. The number of carboxylic acids is 1. The highest BCUT2D eigenvalue weighted by Gasteiger charge is 2.32. The predicted octanol–water partition coefficient (Wildman–Crippen LogP) is -0.126. The van der Waals surface area contributed by atoms with Crippen molar-refractivity contribution >= 4 is 13.7 Å². The van der Waals surface area contributed by atoms with Crippen molar-refractivity contribution in [2.75, 3.05) is 7.05 Å². The first-order valence-corrected chi connectivity index (χ1v) is 4.88. The lowest BCUT2D eigenvalue weighted by Gasteiger charge is -2.23. The van der Waals surface area contributed by atoms with E-state index in [9.17, 15) is 9.36 Å². The number of hydrogen-bond donors (Lipinski definition) is 3. The van der Waals surface area contributed by atoms with Crippen molar-refractivity contribution in [2.45, 2.75) is 19.4 Å². The summed E-state index contributed by atoms with van der Waals surface area (Å²) in [5.41, 5.74) is 0. The van der Waals surface area contributed by atoms with Crippen molar-refractivity contribution in [1.82, 2.24) is 4.67 Å². The first-order chi connectivity index (χ1) is 5.30. The molecule has 0 aromatic carbocycles. The maximum Gasteiger partial charge on any atom is 0.403 e. The molecular weight excluding hydrogens is 185 g/mol. The lowest BCUT2D eigenvalue weighted by molar-refractivity contribution is -0.141. The van der Waals surface area contributed by atoms with E-state index in [1.54, 1.807) is 6.92 Å². The predicted molar refractivity (Wildman–Crippen MR) is 41.5 cm³/mol. The van der Waals surface area contributed by atoms with Gasteiger partial charge in [0.05, 0.1) is 0 Å². The summed E-state index contributed by atoms with van der Waals surface area (Å²) in [5, 5.41) is 8.52. The van der Waals surface area contributed by atoms with Crippen molar-refractivity contribution in [3.8, 4) is 0 Å². The fraction of sp³-hybridized carbons (Fsp3) is 0.800. The number of hydrogen-bond acceptors (Lipinski definition) is 2. The topological polar surface area (TPSA) is 98.1 Å². The van der Waals surface area contributed by atoms with Gasteiger partial charge in [-0.25, -0.2) is 4.57 Å². The minimum atomic E-state index is -4.43. The normalized spacial score (nSPS) is 14.8. The highest BCUT2D eigenvalue weighted by molar-refractivity contribution is 7.49. The third-order valence-electron chi connectivity index (χ3n) is 1.53. The first kappa shape index (κ1) is 11.6. The van der Waals surface area contributed by atoms with E-state index in [0.717, 1.165) is 7.05 Å². The molecule has 0 aliphatic heterocycles. The van der Waals surface area contributed by atoms with Crippen LogP contribution in [0, 0.1) is 0 Å². The molecule has 3 N–H and O–H groups in total. The summed E-state index contributed by atoms with van der Waals surface area (Å²) in [4.78, 5) is 27.7. The molecule has 0 amide bonds. The van der Waals surface area contributed by atoms with Gasteiger partial charge in [-0.3, -0.25) is 4.79 Å². The third kappa shape index (κ3) is 2.91. The van der Waals surface area contributed by atoms with E-state index in [1.807, 2.05) is 0 Å². The Morgan fingerprint density at radius 1 is 1.58 bits per heavy atom. The molecule has 0 rings (SSSR count). The summed E-state index contributed by atoms with van der Waals surface area (Å²) in [6.45, 7) is 1.55. The summed E-state index contributed by atoms with van der Waals surface area (Å²) in [6, 6.07) is -1.13. The van der Waals surface area contributed by atoms with Gasteiger partial charge < -0.3 is 14.9 Å². The maximum absolute atomic E-state index is 10.6. The molecule has 0 aromatic heterocycles. The zero-order valence-electron chi connectivity index (χ0n) is 6.84. The highest BCUT2D eigenvalue weighted by atomic mass is 31.2. The van der Waals surface area contributed by atoms with Crippen LogP contribution in [0.2, 0.25) is 0 Å². The average Bonchev–Trinajstić information content (AvgIpc) is 1.86. The van der Waals surface area contributed by atoms with Gasteiger partial charge in [-0.2, -0.15) is 4.67 Å². The van der Waals surface area contributed by atoms with E-state index in [1.165, 1.54) is 0 Å². The Morgan fingerprint density at radius 3 is 2.08 bits per heavy atom. The molecule has 12 heavy (non-hydrogen) atoms. The van der Waals surface area contributed by atoms with Gasteiger partial charge in [0.15, 0.2) is 0 Å². The van der Waals surface area contributed by atoms with E-state index < -0.39 is 19.8 Å². The fourth-order valence-corrected chi connectivity index (χ4v) is 1.41. The summed E-state index contributed by atoms with van der Waals surface area (Å²) in [5.74, 6) is -1.23. The average molecular weight is 197 g/mol. The minimum absolute atomic E-state index is 0.150. The Balaban J connectivity index is 4.54. The van der Waals surface area contributed by atoms with E-state index in [4.69, 9.17) is 14.9 Å². The van der Waals surface area contributed by atoms with Gasteiger partial charge in [0.1, 0.15) is 6.04 Å². The monoisotopic (exact) mass is 197 g/mol. The van der Waals surface area contributed by atoms with E-state index >= 15 is 0 Å². The SMILES string of the molecule is CCC(C(=O)O)N(C)P(=O)(O)O. The van der Waals surface area contributed by atoms with E-state index in [0.29, 0.717) is 4.67 Å². The number of likely N-dealkylation sites (N-methyl/N-ethyl adjacent to an activating group) is 1. The molecule has 1 atom stereocenters. The number of carbonyl (C=O) groups is 1. The second-order valence-corrected chi connectivity index (χ2v) is 4.01. The third-order valence-corrected chi connectivity index (χ3v) is 2.63. The van der Waals surface area contributed by atoms with Gasteiger partial charge in [0.2, 0.25) is 0 Å². The van der Waals surface area contributed by atoms with Crippen LogP contribution in [0.5, 0.6) is 0 Å². The molecule has 0 aromatic rings. The highest BCUT2D eigenvalue weighted by Crippen LogP contribution is 2.40. The number of carboxylic acid groups (broad SMARTS) is 1. The summed E-state index contributed by atoms with van der Waals surface area (Å²) >= 11 is 0. The van der Waals surface area contributed by atoms with Crippen LogP contribution in [-0.2, 0) is 9.36 Å². The smallest absolute Gasteiger partial charge is 0.403 e. The molecule has 6 nitrogen and oxygen atoms in total. The van der Waals surface area contributed by atoms with E-state index in [2.05, 4.69) is 0 Å². The number of aliphatic carboxylic acids is 1. The number of nitrogens with zero attached hydrogens (tertiary/aromatic N) is 1. The van der Waals surface area contributed by atoms with Crippen LogP contribution in [0.15, 0.2) is 0 Å². The van der Waals surface area contributed by atoms with Gasteiger partial charge in [0.25, 0.3) is 0 Å². The summed E-state index contributed by atoms with van der Waals surface area (Å²) in [7, 11) is -3.34. The largest absolute Gasteiger partial charge is 0.480 e. The van der Waals surface area contributed by atoms with Crippen LogP contribution in [0.1, 0.15) is 13.3 Å². The Morgan fingerprint density at radius 2 is 2.00 bits per heavy atom. The molecule has 0 radical (unpaired) electrons. The van der Waals surface area contributed by atoms with Crippen molar-refractivity contribution in [1.29, 1.82) is 0 Å². The van der Waals surface area contributed by atoms with Gasteiger partial charge in [0, 0.05) is 0 Å². The molecule has 0 aliphatic carbocycles. The van der Waals surface area contributed by atoms with Crippen molar-refractivity contribution in [2.24, 2.45) is 0 Å². The Bertz CT molecular complexity index is 212.